The van der Waals surface area contributed by atoms with Crippen LogP contribution in [0.3, 0.4) is 0 Å². The van der Waals surface area contributed by atoms with Crippen molar-refractivity contribution in [1.82, 2.24) is 4.98 Å². The average Bonchev–Trinajstić information content (AvgIpc) is 2.75. The van der Waals surface area contributed by atoms with E-state index < -0.39 is 6.10 Å². The maximum atomic E-state index is 10.3. The third-order valence-corrected chi connectivity index (χ3v) is 3.39. The Balaban J connectivity index is 2.42. The summed E-state index contributed by atoms with van der Waals surface area (Å²) in [5, 5.41) is 13.1. The van der Waals surface area contributed by atoms with Gasteiger partial charge in [-0.2, -0.15) is 0 Å². The zero-order valence-electron chi connectivity index (χ0n) is 10.1. The number of nitrogens with zero attached hydrogens (tertiary/aromatic N) is 1. The molecule has 1 aromatic carbocycles. The van der Waals surface area contributed by atoms with Crippen molar-refractivity contribution in [1.29, 1.82) is 0 Å². The smallest absolute Gasteiger partial charge is 0.125 e. The van der Waals surface area contributed by atoms with Crippen LogP contribution in [0, 0.1) is 13.8 Å². The van der Waals surface area contributed by atoms with Crippen LogP contribution in [-0.4, -0.2) is 17.2 Å². The number of aliphatic hydroxyl groups excluding tert-OH is 1. The lowest BCUT2D eigenvalue weighted by molar-refractivity contribution is 0.210. The van der Waals surface area contributed by atoms with Gasteiger partial charge in [-0.25, -0.2) is 4.98 Å². The molecular weight excluding hydrogens is 234 g/mol. The van der Waals surface area contributed by atoms with Gasteiger partial charge in [0.2, 0.25) is 0 Å². The number of thiazole rings is 1. The lowest BCUT2D eigenvalue weighted by atomic mass is 10.0. The van der Waals surface area contributed by atoms with Crippen molar-refractivity contribution < 1.29 is 9.84 Å². The van der Waals surface area contributed by atoms with Gasteiger partial charge >= 0.3 is 0 Å². The maximum absolute atomic E-state index is 10.3. The summed E-state index contributed by atoms with van der Waals surface area (Å²) in [6.45, 7) is 3.91. The summed E-state index contributed by atoms with van der Waals surface area (Å²) in [5.41, 5.74) is 2.53. The number of rotatable bonds is 3. The van der Waals surface area contributed by atoms with Gasteiger partial charge in [0.1, 0.15) is 11.9 Å². The van der Waals surface area contributed by atoms with Crippen molar-refractivity contribution >= 4 is 11.3 Å². The third-order valence-electron chi connectivity index (χ3n) is 2.60. The Morgan fingerprint density at radius 1 is 1.35 bits per heavy atom. The van der Waals surface area contributed by atoms with Crippen molar-refractivity contribution in [3.05, 3.63) is 45.4 Å². The SMILES string of the molecule is COc1ccc(C)cc1C(O)c1csc(C)n1. The molecule has 1 atom stereocenters. The van der Waals surface area contributed by atoms with E-state index >= 15 is 0 Å². The fourth-order valence-corrected chi connectivity index (χ4v) is 2.36. The minimum atomic E-state index is -0.727. The number of benzene rings is 1. The molecule has 0 amide bonds. The largest absolute Gasteiger partial charge is 0.496 e. The van der Waals surface area contributed by atoms with E-state index in [0.29, 0.717) is 11.4 Å². The van der Waals surface area contributed by atoms with E-state index in [1.165, 1.54) is 11.3 Å². The Morgan fingerprint density at radius 3 is 2.71 bits per heavy atom. The van der Waals surface area contributed by atoms with Crippen molar-refractivity contribution in [3.8, 4) is 5.75 Å². The van der Waals surface area contributed by atoms with Crippen LogP contribution in [0.2, 0.25) is 0 Å². The fourth-order valence-electron chi connectivity index (χ4n) is 1.73. The molecule has 2 aromatic rings. The Kier molecular flexibility index (Phi) is 3.45. The molecule has 0 saturated carbocycles. The minimum Gasteiger partial charge on any atom is -0.496 e. The van der Waals surface area contributed by atoms with Crippen molar-refractivity contribution in [2.24, 2.45) is 0 Å². The number of hydrogen-bond donors (Lipinski definition) is 1. The van der Waals surface area contributed by atoms with Gasteiger partial charge in [-0.05, 0) is 26.0 Å². The van der Waals surface area contributed by atoms with Crippen molar-refractivity contribution in [3.63, 3.8) is 0 Å². The molecule has 2 rings (SSSR count). The Morgan fingerprint density at radius 2 is 2.12 bits per heavy atom. The molecule has 17 heavy (non-hydrogen) atoms. The standard InChI is InChI=1S/C13H15NO2S/c1-8-4-5-12(16-3)10(6-8)13(15)11-7-17-9(2)14-11/h4-7,13,15H,1-3H3. The van der Waals surface area contributed by atoms with Gasteiger partial charge in [-0.3, -0.25) is 0 Å². The molecule has 0 bridgehead atoms. The molecule has 1 aromatic heterocycles. The second-order valence-electron chi connectivity index (χ2n) is 3.94. The van der Waals surface area contributed by atoms with Gasteiger partial charge in [-0.15, -0.1) is 11.3 Å². The summed E-state index contributed by atoms with van der Waals surface area (Å²) < 4.78 is 5.27. The minimum absolute atomic E-state index is 0.677. The first-order valence-corrected chi connectivity index (χ1v) is 6.24. The van der Waals surface area contributed by atoms with Gasteiger partial charge < -0.3 is 9.84 Å². The number of aliphatic hydroxyl groups is 1. The average molecular weight is 249 g/mol. The van der Waals surface area contributed by atoms with Crippen molar-refractivity contribution in [2.45, 2.75) is 20.0 Å². The van der Waals surface area contributed by atoms with Crippen LogP contribution >= 0.6 is 11.3 Å². The molecule has 0 spiro atoms. The quantitative estimate of drug-likeness (QED) is 0.909. The highest BCUT2D eigenvalue weighted by Gasteiger charge is 2.17. The number of hydrogen-bond acceptors (Lipinski definition) is 4. The first kappa shape index (κ1) is 12.1. The predicted octanol–water partition coefficient (Wildman–Crippen LogP) is 2.85. The molecular formula is C13H15NO2S. The highest BCUT2D eigenvalue weighted by atomic mass is 32.1. The molecule has 4 heteroatoms. The van der Waals surface area contributed by atoms with Crippen LogP contribution in [0.5, 0.6) is 5.75 Å². The van der Waals surface area contributed by atoms with E-state index in [1.807, 2.05) is 37.4 Å². The normalized spacial score (nSPS) is 12.5. The highest BCUT2D eigenvalue weighted by molar-refractivity contribution is 7.09. The summed E-state index contributed by atoms with van der Waals surface area (Å²) in [6, 6.07) is 5.76. The van der Waals surface area contributed by atoms with E-state index in [9.17, 15) is 5.11 Å². The molecule has 3 nitrogen and oxygen atoms in total. The number of methoxy groups -OCH3 is 1. The van der Waals surface area contributed by atoms with E-state index in [0.717, 1.165) is 16.1 Å². The Labute approximate surface area is 105 Å². The van der Waals surface area contributed by atoms with Gasteiger partial charge in [-0.1, -0.05) is 11.6 Å². The Bertz CT molecular complexity index is 522. The van der Waals surface area contributed by atoms with Crippen LogP contribution in [0.1, 0.15) is 27.9 Å². The molecule has 0 aliphatic heterocycles. The number of ether oxygens (including phenoxy) is 1. The first-order chi connectivity index (χ1) is 8.11. The predicted molar refractivity (Wildman–Crippen MR) is 68.6 cm³/mol. The summed E-state index contributed by atoms with van der Waals surface area (Å²) in [6.07, 6.45) is -0.727. The summed E-state index contributed by atoms with van der Waals surface area (Å²) in [4.78, 5) is 4.31. The van der Waals surface area contributed by atoms with Crippen LogP contribution in [0.15, 0.2) is 23.6 Å². The number of aryl methyl sites for hydroxylation is 2. The molecule has 1 N–H and O–H groups in total. The lowest BCUT2D eigenvalue weighted by Crippen LogP contribution is -2.03. The lowest BCUT2D eigenvalue weighted by Gasteiger charge is -2.13. The van der Waals surface area contributed by atoms with Gasteiger partial charge in [0.15, 0.2) is 0 Å². The first-order valence-electron chi connectivity index (χ1n) is 5.36. The zero-order chi connectivity index (χ0) is 12.4. The molecule has 0 saturated heterocycles. The van der Waals surface area contributed by atoms with Crippen LogP contribution in [-0.2, 0) is 0 Å². The number of aromatic nitrogens is 1. The van der Waals surface area contributed by atoms with Gasteiger partial charge in [0.05, 0.1) is 17.8 Å². The second kappa shape index (κ2) is 4.85. The molecule has 0 radical (unpaired) electrons. The topological polar surface area (TPSA) is 42.4 Å². The van der Waals surface area contributed by atoms with E-state index in [-0.39, 0.29) is 0 Å². The van der Waals surface area contributed by atoms with E-state index in [4.69, 9.17) is 4.74 Å². The van der Waals surface area contributed by atoms with Crippen LogP contribution in [0.4, 0.5) is 0 Å². The molecule has 0 aliphatic rings. The molecule has 90 valence electrons. The summed E-state index contributed by atoms with van der Waals surface area (Å²) in [5.74, 6) is 0.689. The summed E-state index contributed by atoms with van der Waals surface area (Å²) >= 11 is 1.53. The second-order valence-corrected chi connectivity index (χ2v) is 5.00. The molecule has 0 aliphatic carbocycles. The van der Waals surface area contributed by atoms with Crippen LogP contribution in [0.25, 0.3) is 0 Å². The zero-order valence-corrected chi connectivity index (χ0v) is 10.9. The maximum Gasteiger partial charge on any atom is 0.125 e. The molecule has 1 unspecified atom stereocenters. The van der Waals surface area contributed by atoms with Crippen LogP contribution < -0.4 is 4.74 Å². The third kappa shape index (κ3) is 2.48. The Hall–Kier alpha value is -1.39. The molecule has 0 fully saturated rings. The van der Waals surface area contributed by atoms with E-state index in [1.54, 1.807) is 7.11 Å². The van der Waals surface area contributed by atoms with Crippen molar-refractivity contribution in [2.75, 3.05) is 7.11 Å². The van der Waals surface area contributed by atoms with Gasteiger partial charge in [0.25, 0.3) is 0 Å². The fraction of sp³-hybridized carbons (Fsp3) is 0.308. The monoisotopic (exact) mass is 249 g/mol. The van der Waals surface area contributed by atoms with E-state index in [2.05, 4.69) is 4.98 Å². The van der Waals surface area contributed by atoms with Gasteiger partial charge in [0, 0.05) is 10.9 Å². The molecule has 1 heterocycles. The summed E-state index contributed by atoms with van der Waals surface area (Å²) in [7, 11) is 1.60. The highest BCUT2D eigenvalue weighted by Crippen LogP contribution is 2.31.